The highest BCUT2D eigenvalue weighted by Gasteiger charge is 2.43. The number of nitrogens with zero attached hydrogens (tertiary/aromatic N) is 2. The van der Waals surface area contributed by atoms with Crippen molar-refractivity contribution in [2.24, 2.45) is 0 Å². The molecule has 0 fully saturated rings. The van der Waals surface area contributed by atoms with Crippen LogP contribution in [-0.4, -0.2) is 23.6 Å². The second kappa shape index (κ2) is 7.26. The van der Waals surface area contributed by atoms with Gasteiger partial charge in [0.25, 0.3) is 0 Å². The number of Topliss-reactive ketones (excluding diaryl/α,β-unsaturated/α-hetero) is 1. The first-order valence-corrected chi connectivity index (χ1v) is 10.9. The number of aryl methyl sites for hydroxylation is 1. The van der Waals surface area contributed by atoms with Gasteiger partial charge in [-0.1, -0.05) is 75.7 Å². The monoisotopic (exact) mass is 412 g/mol. The molecule has 31 heavy (non-hydrogen) atoms. The minimum absolute atomic E-state index is 0.113. The van der Waals surface area contributed by atoms with Crippen LogP contribution in [0.15, 0.2) is 66.4 Å². The van der Waals surface area contributed by atoms with Gasteiger partial charge in [0.2, 0.25) is 0 Å². The number of benzene rings is 2. The van der Waals surface area contributed by atoms with Crippen LogP contribution in [0.4, 0.5) is 11.4 Å². The van der Waals surface area contributed by atoms with Gasteiger partial charge in [-0.25, -0.2) is 0 Å². The van der Waals surface area contributed by atoms with E-state index in [1.807, 2.05) is 4.58 Å². The topological polar surface area (TPSA) is 23.3 Å². The molecule has 0 unspecified atom stereocenters. The van der Waals surface area contributed by atoms with E-state index in [2.05, 4.69) is 107 Å². The van der Waals surface area contributed by atoms with E-state index in [4.69, 9.17) is 0 Å². The Bertz CT molecular complexity index is 1130. The molecule has 2 aliphatic heterocycles. The van der Waals surface area contributed by atoms with Crippen LogP contribution >= 0.6 is 0 Å². The number of carbonyl (C=O) groups excluding carboxylic acids is 1. The first-order valence-electron chi connectivity index (χ1n) is 10.9. The van der Waals surface area contributed by atoms with Gasteiger partial charge in [-0.3, -0.25) is 9.37 Å². The summed E-state index contributed by atoms with van der Waals surface area (Å²) in [4.78, 5) is 14.2. The Kier molecular flexibility index (Phi) is 4.96. The van der Waals surface area contributed by atoms with Crippen LogP contribution in [-0.2, 0) is 15.6 Å². The molecule has 0 bridgehead atoms. The standard InChI is InChI=1S/C28H32N2O/c1-19-15-16-24-22(17-19)28(5,6)26(30(24)18-20(2)31)14-10-13-25-27(3,4)21-11-8-9-12-23(21)29(25)7/h8-17H,7,18H2,1-6H3. The molecule has 2 aromatic rings. The van der Waals surface area contributed by atoms with Crippen molar-refractivity contribution in [3.05, 3.63) is 89.1 Å². The van der Waals surface area contributed by atoms with Crippen molar-refractivity contribution in [2.75, 3.05) is 11.4 Å². The van der Waals surface area contributed by atoms with Crippen molar-refractivity contribution in [3.63, 3.8) is 0 Å². The van der Waals surface area contributed by atoms with Crippen LogP contribution < -0.4 is 4.90 Å². The van der Waals surface area contributed by atoms with E-state index >= 15 is 0 Å². The van der Waals surface area contributed by atoms with Crippen molar-refractivity contribution in [3.8, 4) is 0 Å². The second-order valence-corrected chi connectivity index (χ2v) is 9.80. The highest BCUT2D eigenvalue weighted by atomic mass is 16.1. The predicted molar refractivity (Wildman–Crippen MR) is 129 cm³/mol. The molecule has 0 atom stereocenters. The molecule has 0 N–H and O–H groups in total. The average Bonchev–Trinajstić information content (AvgIpc) is 3.02. The molecule has 0 amide bonds. The fourth-order valence-electron chi connectivity index (χ4n) is 5.05. The lowest BCUT2D eigenvalue weighted by molar-refractivity contribution is -0.405. The van der Waals surface area contributed by atoms with Crippen LogP contribution in [0.1, 0.15) is 51.3 Å². The highest BCUT2D eigenvalue weighted by molar-refractivity contribution is 5.85. The number of carbonyl (C=O) groups is 1. The summed E-state index contributed by atoms with van der Waals surface area (Å²) in [5.74, 6) is 0.157. The average molecular weight is 413 g/mol. The molecule has 0 aromatic heterocycles. The molecule has 0 spiro atoms. The Labute approximate surface area is 186 Å². The second-order valence-electron chi connectivity index (χ2n) is 9.80. The Balaban J connectivity index is 1.72. The van der Waals surface area contributed by atoms with Crippen molar-refractivity contribution in [1.82, 2.24) is 0 Å². The zero-order valence-electron chi connectivity index (χ0n) is 19.5. The Morgan fingerprint density at radius 1 is 1.13 bits per heavy atom. The van der Waals surface area contributed by atoms with Gasteiger partial charge in [0.1, 0.15) is 17.5 Å². The molecule has 160 valence electrons. The third kappa shape index (κ3) is 3.33. The molecule has 4 rings (SSSR count). The molecule has 3 nitrogen and oxygen atoms in total. The first kappa shape index (κ1) is 21.2. The maximum absolute atomic E-state index is 12.1. The van der Waals surface area contributed by atoms with Gasteiger partial charge >= 0.3 is 0 Å². The minimum atomic E-state index is -0.176. The normalized spacial score (nSPS) is 19.9. The molecular weight excluding hydrogens is 380 g/mol. The van der Waals surface area contributed by atoms with Gasteiger partial charge in [0.15, 0.2) is 0 Å². The molecule has 0 aliphatic carbocycles. The van der Waals surface area contributed by atoms with Crippen molar-refractivity contribution in [1.29, 1.82) is 0 Å². The molecule has 2 aromatic carbocycles. The lowest BCUT2D eigenvalue weighted by Gasteiger charge is -2.27. The summed E-state index contributed by atoms with van der Waals surface area (Å²) < 4.78 is 2.04. The van der Waals surface area contributed by atoms with Crippen molar-refractivity contribution >= 4 is 23.9 Å². The van der Waals surface area contributed by atoms with Gasteiger partial charge in [-0.05, 0) is 37.1 Å². The summed E-state index contributed by atoms with van der Waals surface area (Å²) in [6.07, 6.45) is 6.44. The number of para-hydroxylation sites is 1. The number of rotatable bonds is 4. The summed E-state index contributed by atoms with van der Waals surface area (Å²) in [5.41, 5.74) is 6.94. The largest absolute Gasteiger partial charge is 0.337 e. The summed E-state index contributed by atoms with van der Waals surface area (Å²) in [6, 6.07) is 16.1. The maximum atomic E-state index is 12.1. The molecule has 2 aliphatic rings. The van der Waals surface area contributed by atoms with E-state index < -0.39 is 0 Å². The first-order chi connectivity index (χ1) is 14.5. The SMILES string of the molecule is C=[N+]1c2ccccc2C(C)(C)[C-]1C=CC=C1N(CC(C)=O)c2ccc(C)cc2C1(C)C. The Hall–Kier alpha value is -3.07. The highest BCUT2D eigenvalue weighted by Crippen LogP contribution is 2.49. The lowest BCUT2D eigenvalue weighted by Crippen LogP contribution is -2.30. The van der Waals surface area contributed by atoms with Crippen LogP contribution in [0, 0.1) is 13.0 Å². The summed E-state index contributed by atoms with van der Waals surface area (Å²) in [5, 5.41) is 0. The quantitative estimate of drug-likeness (QED) is 0.455. The number of anilines is 1. The minimum Gasteiger partial charge on any atom is -0.337 e. The number of hydrogen-bond acceptors (Lipinski definition) is 2. The van der Waals surface area contributed by atoms with Crippen LogP contribution in [0.25, 0.3) is 0 Å². The van der Waals surface area contributed by atoms with Gasteiger partial charge in [0, 0.05) is 22.2 Å². The third-order valence-electron chi connectivity index (χ3n) is 6.74. The van der Waals surface area contributed by atoms with E-state index in [-0.39, 0.29) is 16.6 Å². The van der Waals surface area contributed by atoms with Crippen LogP contribution in [0.2, 0.25) is 0 Å². The summed E-state index contributed by atoms with van der Waals surface area (Å²) in [7, 11) is 0. The molecule has 0 saturated heterocycles. The van der Waals surface area contributed by atoms with E-state index in [0.717, 1.165) is 23.1 Å². The predicted octanol–water partition coefficient (Wildman–Crippen LogP) is 5.99. The van der Waals surface area contributed by atoms with Gasteiger partial charge in [-0.15, -0.1) is 6.08 Å². The van der Waals surface area contributed by atoms with Crippen molar-refractivity contribution < 1.29 is 9.37 Å². The third-order valence-corrected chi connectivity index (χ3v) is 6.74. The summed E-state index contributed by atoms with van der Waals surface area (Å²) >= 11 is 0. The van der Waals surface area contributed by atoms with Gasteiger partial charge < -0.3 is 4.90 Å². The van der Waals surface area contributed by atoms with Crippen molar-refractivity contribution in [2.45, 2.75) is 52.4 Å². The summed E-state index contributed by atoms with van der Waals surface area (Å²) in [6.45, 7) is 17.4. The zero-order chi connectivity index (χ0) is 22.6. The molecule has 3 heteroatoms. The van der Waals surface area contributed by atoms with Gasteiger partial charge in [-0.2, -0.15) is 0 Å². The maximum Gasteiger partial charge on any atom is 0.149 e. The fourth-order valence-corrected chi connectivity index (χ4v) is 5.05. The lowest BCUT2D eigenvalue weighted by atomic mass is 9.80. The van der Waals surface area contributed by atoms with E-state index in [9.17, 15) is 4.79 Å². The molecule has 0 saturated carbocycles. The number of hydrogen-bond donors (Lipinski definition) is 0. The zero-order valence-corrected chi connectivity index (χ0v) is 19.5. The fraction of sp³-hybridized carbons (Fsp3) is 0.321. The molecule has 0 radical (unpaired) electrons. The smallest absolute Gasteiger partial charge is 0.149 e. The number of fused-ring (bicyclic) bond motifs is 2. The van der Waals surface area contributed by atoms with Crippen LogP contribution in [0.3, 0.4) is 0 Å². The Morgan fingerprint density at radius 3 is 2.52 bits per heavy atom. The van der Waals surface area contributed by atoms with E-state index in [1.165, 1.54) is 16.7 Å². The van der Waals surface area contributed by atoms with Gasteiger partial charge in [0.05, 0.1) is 13.3 Å². The number of allylic oxidation sites excluding steroid dienone is 3. The van der Waals surface area contributed by atoms with E-state index in [0.29, 0.717) is 6.54 Å². The van der Waals surface area contributed by atoms with E-state index in [1.54, 1.807) is 6.92 Å². The molecular formula is C28H32N2O. The molecule has 2 heterocycles. The number of ketones is 1. The van der Waals surface area contributed by atoms with Crippen LogP contribution in [0.5, 0.6) is 0 Å². The Morgan fingerprint density at radius 2 is 1.84 bits per heavy atom.